The van der Waals surface area contributed by atoms with Gasteiger partial charge >= 0.3 is 5.97 Å². The van der Waals surface area contributed by atoms with E-state index in [1.165, 1.54) is 0 Å². The van der Waals surface area contributed by atoms with Gasteiger partial charge in [0.1, 0.15) is 0 Å². The molecule has 0 N–H and O–H groups in total. The monoisotopic (exact) mass is 268 g/mol. The molecule has 0 aromatic heterocycles. The van der Waals surface area contributed by atoms with Crippen LogP contribution in [-0.4, -0.2) is 45.3 Å². The predicted octanol–water partition coefficient (Wildman–Crippen LogP) is 1.78. The summed E-state index contributed by atoms with van der Waals surface area (Å²) in [5.74, 6) is -0.403. The third-order valence-corrected chi connectivity index (χ3v) is 2.13. The van der Waals surface area contributed by atoms with E-state index in [2.05, 4.69) is 0 Å². The van der Waals surface area contributed by atoms with Gasteiger partial charge in [0.2, 0.25) is 0 Å². The van der Waals surface area contributed by atoms with Crippen molar-refractivity contribution >= 4 is 17.6 Å². The van der Waals surface area contributed by atoms with Gasteiger partial charge in [0.25, 0.3) is 0 Å². The molecule has 0 fully saturated rings. The number of methoxy groups -OCH3 is 1. The quantitative estimate of drug-likeness (QED) is 0.362. The number of alkyl halides is 1. The molecule has 0 saturated heterocycles. The molecule has 6 heteroatoms. The van der Waals surface area contributed by atoms with E-state index in [9.17, 15) is 4.79 Å². The van der Waals surface area contributed by atoms with E-state index in [1.807, 2.05) is 6.92 Å². The number of carbonyl (C=O) groups is 1. The highest BCUT2D eigenvalue weighted by atomic mass is 35.5. The van der Waals surface area contributed by atoms with E-state index < -0.39 is 17.7 Å². The molecular weight excluding hydrogens is 248 g/mol. The standard InChI is InChI=1S/C11H21ClO5/c1-5-15-9(6-14-4)16-7-11(2,3)10(13)17-8-12/h9H,5-8H2,1-4H3. The minimum atomic E-state index is -0.766. The lowest BCUT2D eigenvalue weighted by molar-refractivity contribution is -0.187. The van der Waals surface area contributed by atoms with E-state index in [-0.39, 0.29) is 12.7 Å². The summed E-state index contributed by atoms with van der Waals surface area (Å²) in [7, 11) is 1.56. The summed E-state index contributed by atoms with van der Waals surface area (Å²) in [6.45, 7) is 6.31. The van der Waals surface area contributed by atoms with Crippen LogP contribution >= 0.6 is 11.6 Å². The van der Waals surface area contributed by atoms with Crippen molar-refractivity contribution < 1.29 is 23.7 Å². The maximum absolute atomic E-state index is 11.5. The second kappa shape index (κ2) is 8.69. The van der Waals surface area contributed by atoms with Gasteiger partial charge in [-0.15, -0.1) is 0 Å². The van der Waals surface area contributed by atoms with E-state index in [1.54, 1.807) is 21.0 Å². The summed E-state index contributed by atoms with van der Waals surface area (Å²) in [4.78, 5) is 11.5. The van der Waals surface area contributed by atoms with E-state index in [4.69, 9.17) is 30.5 Å². The van der Waals surface area contributed by atoms with E-state index in [0.29, 0.717) is 13.2 Å². The molecule has 102 valence electrons. The van der Waals surface area contributed by atoms with Crippen LogP contribution in [0.3, 0.4) is 0 Å². The summed E-state index contributed by atoms with van der Waals surface area (Å²) in [6.07, 6.45) is -0.479. The van der Waals surface area contributed by atoms with Crippen LogP contribution in [0.15, 0.2) is 0 Å². The fourth-order valence-electron chi connectivity index (χ4n) is 1.07. The molecule has 0 heterocycles. The van der Waals surface area contributed by atoms with Gasteiger partial charge < -0.3 is 18.9 Å². The normalized spacial score (nSPS) is 13.5. The second-order valence-corrected chi connectivity index (χ2v) is 4.29. The van der Waals surface area contributed by atoms with Gasteiger partial charge in [-0.2, -0.15) is 0 Å². The van der Waals surface area contributed by atoms with Crippen LogP contribution in [-0.2, 0) is 23.7 Å². The molecule has 17 heavy (non-hydrogen) atoms. The van der Waals surface area contributed by atoms with Crippen LogP contribution in [0.25, 0.3) is 0 Å². The number of hydrogen-bond acceptors (Lipinski definition) is 5. The van der Waals surface area contributed by atoms with Gasteiger partial charge in [-0.05, 0) is 20.8 Å². The molecule has 0 aliphatic rings. The molecule has 0 aliphatic carbocycles. The second-order valence-electron chi connectivity index (χ2n) is 4.08. The molecule has 1 unspecified atom stereocenters. The number of hydrogen-bond donors (Lipinski definition) is 0. The van der Waals surface area contributed by atoms with Crippen molar-refractivity contribution in [3.8, 4) is 0 Å². The third kappa shape index (κ3) is 6.83. The molecule has 0 saturated carbocycles. The van der Waals surface area contributed by atoms with Crippen molar-refractivity contribution in [3.05, 3.63) is 0 Å². The Kier molecular flexibility index (Phi) is 8.51. The smallest absolute Gasteiger partial charge is 0.315 e. The summed E-state index contributed by atoms with van der Waals surface area (Å²) in [5.41, 5.74) is -0.766. The SMILES string of the molecule is CCOC(COC)OCC(C)(C)C(=O)OCCl. The average Bonchev–Trinajstić information content (AvgIpc) is 2.27. The van der Waals surface area contributed by atoms with E-state index >= 15 is 0 Å². The van der Waals surface area contributed by atoms with Gasteiger partial charge in [0.05, 0.1) is 18.6 Å². The van der Waals surface area contributed by atoms with Gasteiger partial charge in [-0.1, -0.05) is 11.6 Å². The summed E-state index contributed by atoms with van der Waals surface area (Å²) < 4.78 is 20.4. The molecule has 1 atom stereocenters. The molecule has 5 nitrogen and oxygen atoms in total. The first-order chi connectivity index (χ1) is 7.97. The van der Waals surface area contributed by atoms with Crippen molar-refractivity contribution in [1.29, 1.82) is 0 Å². The minimum Gasteiger partial charge on any atom is -0.449 e. The molecule has 0 bridgehead atoms. The van der Waals surface area contributed by atoms with Crippen LogP contribution in [0.1, 0.15) is 20.8 Å². The Morgan fingerprint density at radius 2 is 2.00 bits per heavy atom. The maximum atomic E-state index is 11.5. The molecular formula is C11H21ClO5. The maximum Gasteiger partial charge on any atom is 0.315 e. The van der Waals surface area contributed by atoms with E-state index in [0.717, 1.165) is 0 Å². The predicted molar refractivity (Wildman–Crippen MR) is 63.8 cm³/mol. The van der Waals surface area contributed by atoms with Crippen molar-refractivity contribution in [2.24, 2.45) is 5.41 Å². The number of ether oxygens (including phenoxy) is 4. The Hall–Kier alpha value is -0.360. The lowest BCUT2D eigenvalue weighted by Crippen LogP contribution is -2.35. The largest absolute Gasteiger partial charge is 0.449 e. The lowest BCUT2D eigenvalue weighted by Gasteiger charge is -2.25. The Labute approximate surface area is 107 Å². The Bertz CT molecular complexity index is 214. The Balaban J connectivity index is 4.16. The van der Waals surface area contributed by atoms with Crippen molar-refractivity contribution in [3.63, 3.8) is 0 Å². The molecule has 0 amide bonds. The molecule has 0 radical (unpaired) electrons. The number of rotatable bonds is 9. The highest BCUT2D eigenvalue weighted by Gasteiger charge is 2.31. The average molecular weight is 269 g/mol. The topological polar surface area (TPSA) is 54.0 Å². The third-order valence-electron chi connectivity index (χ3n) is 2.02. The first-order valence-electron chi connectivity index (χ1n) is 5.43. The zero-order chi connectivity index (χ0) is 13.3. The first kappa shape index (κ1) is 16.6. The fraction of sp³-hybridized carbons (Fsp3) is 0.909. The summed E-state index contributed by atoms with van der Waals surface area (Å²) in [5, 5.41) is 0. The minimum absolute atomic E-state index is 0.158. The number of carbonyl (C=O) groups excluding carboxylic acids is 1. The number of esters is 1. The van der Waals surface area contributed by atoms with Crippen LogP contribution in [0.2, 0.25) is 0 Å². The van der Waals surface area contributed by atoms with Gasteiger partial charge in [-0.25, -0.2) is 0 Å². The Morgan fingerprint density at radius 1 is 1.35 bits per heavy atom. The van der Waals surface area contributed by atoms with Crippen LogP contribution in [0, 0.1) is 5.41 Å². The molecule has 0 spiro atoms. The Morgan fingerprint density at radius 3 is 2.47 bits per heavy atom. The highest BCUT2D eigenvalue weighted by Crippen LogP contribution is 2.19. The zero-order valence-corrected chi connectivity index (χ0v) is 11.6. The van der Waals surface area contributed by atoms with Gasteiger partial charge in [0, 0.05) is 13.7 Å². The first-order valence-corrected chi connectivity index (χ1v) is 5.96. The van der Waals surface area contributed by atoms with Crippen LogP contribution < -0.4 is 0 Å². The number of halogens is 1. The molecule has 0 aliphatic heterocycles. The van der Waals surface area contributed by atoms with Crippen LogP contribution in [0.5, 0.6) is 0 Å². The fourth-order valence-corrected chi connectivity index (χ4v) is 1.17. The highest BCUT2D eigenvalue weighted by molar-refractivity contribution is 6.17. The van der Waals surface area contributed by atoms with Crippen molar-refractivity contribution in [1.82, 2.24) is 0 Å². The van der Waals surface area contributed by atoms with Gasteiger partial charge in [-0.3, -0.25) is 4.79 Å². The molecule has 0 aromatic carbocycles. The molecule has 0 rings (SSSR count). The zero-order valence-electron chi connectivity index (χ0n) is 10.8. The lowest BCUT2D eigenvalue weighted by atomic mass is 9.95. The van der Waals surface area contributed by atoms with Crippen molar-refractivity contribution in [2.75, 3.05) is 33.0 Å². The van der Waals surface area contributed by atoms with Crippen LogP contribution in [0.4, 0.5) is 0 Å². The molecule has 0 aromatic rings. The van der Waals surface area contributed by atoms with Gasteiger partial charge in [0.15, 0.2) is 12.4 Å². The summed E-state index contributed by atoms with van der Waals surface area (Å²) in [6, 6.07) is -0.158. The van der Waals surface area contributed by atoms with Crippen molar-refractivity contribution in [2.45, 2.75) is 27.1 Å². The summed E-state index contributed by atoms with van der Waals surface area (Å²) >= 11 is 5.34.